The lowest BCUT2D eigenvalue weighted by atomic mass is 10.2. The third-order valence-corrected chi connectivity index (χ3v) is 2.82. The molecule has 0 spiro atoms. The van der Waals surface area contributed by atoms with E-state index >= 15 is 0 Å². The normalized spacial score (nSPS) is 9.71. The lowest BCUT2D eigenvalue weighted by molar-refractivity contribution is 0.0687. The number of carboxylic acid groups (broad SMARTS) is 2. The molecule has 0 radical (unpaired) electrons. The number of pyridine rings is 1. The number of rotatable bonds is 2. The Morgan fingerprint density at radius 2 is 1.43 bits per heavy atom. The Bertz CT molecular complexity index is 762. The van der Waals surface area contributed by atoms with E-state index in [-0.39, 0.29) is 0 Å². The zero-order valence-corrected chi connectivity index (χ0v) is 11.0. The summed E-state index contributed by atoms with van der Waals surface area (Å²) in [5.41, 5.74) is 1.40. The molecule has 0 aliphatic rings. The number of hydrogen-bond donors (Lipinski definition) is 2. The summed E-state index contributed by atoms with van der Waals surface area (Å²) in [5, 5.41) is 17.1. The quantitative estimate of drug-likeness (QED) is 0.757. The summed E-state index contributed by atoms with van der Waals surface area (Å²) in [6.45, 7) is 0. The maximum Gasteiger partial charge on any atom is 0.337 e. The lowest BCUT2D eigenvalue weighted by Crippen LogP contribution is -1.94. The van der Waals surface area contributed by atoms with Gasteiger partial charge >= 0.3 is 11.9 Å². The van der Waals surface area contributed by atoms with Crippen LogP contribution in [0.4, 0.5) is 0 Å². The molecule has 0 atom stereocenters. The molecule has 2 heterocycles. The second-order valence-electron chi connectivity index (χ2n) is 4.20. The van der Waals surface area contributed by atoms with Crippen LogP contribution in [-0.4, -0.2) is 26.6 Å². The average Bonchev–Trinajstić information content (AvgIpc) is 2.93. The van der Waals surface area contributed by atoms with Gasteiger partial charge < -0.3 is 14.6 Å². The molecular weight excluding hydrogens is 270 g/mol. The van der Waals surface area contributed by atoms with Crippen LogP contribution >= 0.6 is 0 Å². The maximum absolute atomic E-state index is 10.7. The number of carboxylic acids is 2. The van der Waals surface area contributed by atoms with Crippen LogP contribution in [0.25, 0.3) is 5.52 Å². The van der Waals surface area contributed by atoms with E-state index in [1.165, 1.54) is 0 Å². The smallest absolute Gasteiger partial charge is 0.337 e. The summed E-state index contributed by atoms with van der Waals surface area (Å²) in [4.78, 5) is 20.9. The van der Waals surface area contributed by atoms with Crippen LogP contribution < -0.4 is 0 Å². The fraction of sp³-hybridized carbons (Fsp3) is 0. The molecule has 1 aromatic carbocycles. The molecule has 2 aromatic heterocycles. The van der Waals surface area contributed by atoms with Gasteiger partial charge in [-0.1, -0.05) is 24.3 Å². The van der Waals surface area contributed by atoms with Crippen LogP contribution in [0, 0.1) is 0 Å². The molecule has 0 fully saturated rings. The van der Waals surface area contributed by atoms with Gasteiger partial charge in [-0.05, 0) is 30.3 Å². The van der Waals surface area contributed by atoms with Gasteiger partial charge in [0.1, 0.15) is 0 Å². The molecule has 0 saturated heterocycles. The number of carbonyl (C=O) groups is 2. The summed E-state index contributed by atoms with van der Waals surface area (Å²) >= 11 is 0. The molecule has 0 bridgehead atoms. The number of aromatic carboxylic acids is 2. The minimum Gasteiger partial charge on any atom is -0.478 e. The number of benzene rings is 1. The summed E-state index contributed by atoms with van der Waals surface area (Å²) in [6.07, 6.45) is 3.56. The van der Waals surface area contributed by atoms with Crippen molar-refractivity contribution in [3.8, 4) is 0 Å². The van der Waals surface area contributed by atoms with Gasteiger partial charge in [0.05, 0.1) is 16.6 Å². The van der Waals surface area contributed by atoms with E-state index in [2.05, 4.69) is 0 Å². The van der Waals surface area contributed by atoms with Crippen LogP contribution in [0.5, 0.6) is 0 Å². The first kappa shape index (κ1) is 14.3. The highest BCUT2D eigenvalue weighted by atomic mass is 16.4. The third-order valence-electron chi connectivity index (χ3n) is 2.82. The van der Waals surface area contributed by atoms with E-state index in [0.717, 1.165) is 5.52 Å². The monoisotopic (exact) mass is 283 g/mol. The predicted molar refractivity (Wildman–Crippen MR) is 77.8 cm³/mol. The van der Waals surface area contributed by atoms with Crippen LogP contribution in [0.1, 0.15) is 20.7 Å². The summed E-state index contributed by atoms with van der Waals surface area (Å²) in [7, 11) is 0. The Balaban J connectivity index is 0.000000161. The molecule has 3 rings (SSSR count). The third kappa shape index (κ3) is 3.48. The minimum atomic E-state index is -0.885. The minimum absolute atomic E-state index is 0.331. The van der Waals surface area contributed by atoms with Crippen LogP contribution in [0.15, 0.2) is 67.0 Å². The molecule has 0 unspecified atom stereocenters. The molecule has 0 aliphatic carbocycles. The van der Waals surface area contributed by atoms with Crippen LogP contribution in [-0.2, 0) is 0 Å². The van der Waals surface area contributed by atoms with Crippen molar-refractivity contribution >= 4 is 17.5 Å². The summed E-state index contributed by atoms with van der Waals surface area (Å²) in [5.74, 6) is -1.76. The molecule has 0 aliphatic heterocycles. The van der Waals surface area contributed by atoms with Gasteiger partial charge in [0.2, 0.25) is 0 Å². The fourth-order valence-corrected chi connectivity index (χ4v) is 1.82. The molecule has 3 aromatic rings. The molecule has 5 heteroatoms. The highest BCUT2D eigenvalue weighted by molar-refractivity contribution is 5.95. The summed E-state index contributed by atoms with van der Waals surface area (Å²) < 4.78 is 1.78. The van der Waals surface area contributed by atoms with Crippen molar-refractivity contribution in [1.29, 1.82) is 0 Å². The molecule has 0 saturated carbocycles. The average molecular weight is 283 g/mol. The van der Waals surface area contributed by atoms with E-state index < -0.39 is 11.9 Å². The number of aromatic nitrogens is 1. The Morgan fingerprint density at radius 1 is 0.762 bits per heavy atom. The predicted octanol–water partition coefficient (Wildman–Crippen LogP) is 3.02. The number of nitrogens with zero attached hydrogens (tertiary/aromatic N) is 1. The molecule has 21 heavy (non-hydrogen) atoms. The van der Waals surface area contributed by atoms with E-state index in [4.69, 9.17) is 10.2 Å². The Kier molecular flexibility index (Phi) is 4.36. The van der Waals surface area contributed by atoms with E-state index in [9.17, 15) is 9.59 Å². The topological polar surface area (TPSA) is 79.0 Å². The van der Waals surface area contributed by atoms with Gasteiger partial charge in [0.15, 0.2) is 0 Å². The van der Waals surface area contributed by atoms with Crippen LogP contribution in [0.3, 0.4) is 0 Å². The van der Waals surface area contributed by atoms with Gasteiger partial charge in [0, 0.05) is 12.4 Å². The highest BCUT2D eigenvalue weighted by Gasteiger charge is 2.07. The van der Waals surface area contributed by atoms with Crippen LogP contribution in [0.2, 0.25) is 0 Å². The first-order chi connectivity index (χ1) is 10.1. The summed E-state index contributed by atoms with van der Waals surface area (Å²) in [6, 6.07) is 15.4. The van der Waals surface area contributed by atoms with E-state index in [0.29, 0.717) is 11.1 Å². The second kappa shape index (κ2) is 6.38. The molecule has 106 valence electrons. The molecular formula is C16H13NO4. The second-order valence-corrected chi connectivity index (χ2v) is 4.20. The van der Waals surface area contributed by atoms with Gasteiger partial charge in [-0.2, -0.15) is 0 Å². The number of fused-ring (bicyclic) bond motifs is 1. The van der Waals surface area contributed by atoms with Crippen molar-refractivity contribution in [2.75, 3.05) is 0 Å². The van der Waals surface area contributed by atoms with Crippen molar-refractivity contribution < 1.29 is 19.8 Å². The zero-order chi connectivity index (χ0) is 15.2. The van der Waals surface area contributed by atoms with Crippen molar-refractivity contribution in [3.05, 3.63) is 78.1 Å². The molecule has 5 nitrogen and oxygen atoms in total. The Labute approximate surface area is 120 Å². The van der Waals surface area contributed by atoms with Crippen molar-refractivity contribution in [1.82, 2.24) is 4.40 Å². The van der Waals surface area contributed by atoms with E-state index in [1.807, 2.05) is 18.3 Å². The van der Waals surface area contributed by atoms with E-state index in [1.54, 1.807) is 53.1 Å². The molecule has 0 amide bonds. The lowest BCUT2D eigenvalue weighted by Gasteiger charge is -1.93. The maximum atomic E-state index is 10.7. The SMILES string of the molecule is O=C(O)c1ccccc1.O=C(O)c1ccn2ccccc12. The zero-order valence-electron chi connectivity index (χ0n) is 11.0. The highest BCUT2D eigenvalue weighted by Crippen LogP contribution is 2.11. The van der Waals surface area contributed by atoms with Gasteiger partial charge in [-0.3, -0.25) is 0 Å². The van der Waals surface area contributed by atoms with Crippen molar-refractivity contribution in [3.63, 3.8) is 0 Å². The Hall–Kier alpha value is -3.08. The van der Waals surface area contributed by atoms with Gasteiger partial charge in [-0.25, -0.2) is 9.59 Å². The van der Waals surface area contributed by atoms with Crippen molar-refractivity contribution in [2.24, 2.45) is 0 Å². The standard InChI is InChI=1S/C9H7NO2.C7H6O2/c11-9(12)7-4-6-10-5-2-1-3-8(7)10;8-7(9)6-4-2-1-3-5-6/h1-6H,(H,11,12);1-5H,(H,8,9). The van der Waals surface area contributed by atoms with Crippen molar-refractivity contribution in [2.45, 2.75) is 0 Å². The first-order valence-electron chi connectivity index (χ1n) is 6.17. The largest absolute Gasteiger partial charge is 0.478 e. The first-order valence-corrected chi connectivity index (χ1v) is 6.17. The van der Waals surface area contributed by atoms with Gasteiger partial charge in [0.25, 0.3) is 0 Å². The fourth-order valence-electron chi connectivity index (χ4n) is 1.82. The molecule has 2 N–H and O–H groups in total. The number of hydrogen-bond acceptors (Lipinski definition) is 2. The Morgan fingerprint density at radius 3 is 2.00 bits per heavy atom. The van der Waals surface area contributed by atoms with Gasteiger partial charge in [-0.15, -0.1) is 0 Å².